The van der Waals surface area contributed by atoms with E-state index in [2.05, 4.69) is 9.88 Å². The molecule has 0 bridgehead atoms. The lowest BCUT2D eigenvalue weighted by Gasteiger charge is -2.31. The molecule has 0 aromatic carbocycles. The number of carboxylic acids is 1. The number of nitrogens with one attached hydrogen (secondary N) is 1. The number of aromatic amines is 1. The summed E-state index contributed by atoms with van der Waals surface area (Å²) in [6.45, 7) is 1.85. The molecule has 0 amide bonds. The van der Waals surface area contributed by atoms with Gasteiger partial charge in [0, 0.05) is 25.3 Å². The van der Waals surface area contributed by atoms with Crippen molar-refractivity contribution < 1.29 is 9.90 Å². The van der Waals surface area contributed by atoms with Crippen LogP contribution in [-0.2, 0) is 0 Å². The molecule has 1 saturated heterocycles. The van der Waals surface area contributed by atoms with E-state index in [9.17, 15) is 9.59 Å². The Balaban J connectivity index is 1.96. The fourth-order valence-corrected chi connectivity index (χ4v) is 5.28. The minimum Gasteiger partial charge on any atom is -0.477 e. The summed E-state index contributed by atoms with van der Waals surface area (Å²) in [5.74, 6) is -1.19. The molecular weight excluding hydrogens is 385 g/mol. The third-order valence-electron chi connectivity index (χ3n) is 3.64. The number of carboxylic acid groups (broad SMARTS) is 1. The molecule has 7 heteroatoms. The monoisotopic (exact) mass is 401 g/mol. The highest BCUT2D eigenvalue weighted by molar-refractivity contribution is 14.2. The topological polar surface area (TPSA) is 99.4 Å². The Morgan fingerprint density at radius 2 is 2.29 bits per heavy atom. The van der Waals surface area contributed by atoms with Crippen LogP contribution >= 0.6 is 20.7 Å². The second-order valence-corrected chi connectivity index (χ2v) is 7.89. The quantitative estimate of drug-likeness (QED) is 0.503. The fraction of sp³-hybridized carbons (Fsp3) is 0.357. The van der Waals surface area contributed by atoms with Gasteiger partial charge in [-0.2, -0.15) is 0 Å². The SMILES string of the molecule is NC1CCCN(C2=Ic3[nH]cc(C(=O)O)c(=O)c3C=C2)C1. The van der Waals surface area contributed by atoms with E-state index in [0.717, 1.165) is 29.6 Å². The maximum Gasteiger partial charge on any atom is 0.341 e. The van der Waals surface area contributed by atoms with E-state index < -0.39 is 32.1 Å². The number of pyridine rings is 1. The molecule has 0 saturated carbocycles. The predicted molar refractivity (Wildman–Crippen MR) is 89.6 cm³/mol. The van der Waals surface area contributed by atoms with Gasteiger partial charge in [-0.3, -0.25) is 9.69 Å². The van der Waals surface area contributed by atoms with Crippen molar-refractivity contribution in [2.24, 2.45) is 5.73 Å². The predicted octanol–water partition coefficient (Wildman–Crippen LogP) is 0.793. The fourth-order valence-electron chi connectivity index (χ4n) is 2.56. The smallest absolute Gasteiger partial charge is 0.341 e. The molecule has 21 heavy (non-hydrogen) atoms. The molecular formula is C14H16IN3O3. The molecule has 1 aromatic heterocycles. The highest BCUT2D eigenvalue weighted by atomic mass is 127. The first-order valence-electron chi connectivity index (χ1n) is 6.75. The number of likely N-dealkylation sites (tertiary alicyclic amines) is 1. The van der Waals surface area contributed by atoms with E-state index >= 15 is 0 Å². The summed E-state index contributed by atoms with van der Waals surface area (Å²) in [5, 5.41) is 8.99. The van der Waals surface area contributed by atoms with Crippen molar-refractivity contribution >= 4 is 36.4 Å². The Hall–Kier alpha value is -1.32. The molecule has 6 nitrogen and oxygen atoms in total. The first kappa shape index (κ1) is 14.6. The zero-order chi connectivity index (χ0) is 15.0. The van der Waals surface area contributed by atoms with Gasteiger partial charge >= 0.3 is 5.97 Å². The van der Waals surface area contributed by atoms with E-state index in [1.807, 2.05) is 6.08 Å². The van der Waals surface area contributed by atoms with Crippen molar-refractivity contribution in [3.8, 4) is 0 Å². The van der Waals surface area contributed by atoms with E-state index in [0.29, 0.717) is 5.56 Å². The molecule has 0 radical (unpaired) electrons. The van der Waals surface area contributed by atoms with Gasteiger partial charge in [0.25, 0.3) is 0 Å². The Labute approximate surface area is 131 Å². The number of H-pyrrole nitrogens is 1. The van der Waals surface area contributed by atoms with E-state index in [-0.39, 0.29) is 11.6 Å². The molecule has 0 spiro atoms. The lowest BCUT2D eigenvalue weighted by atomic mass is 10.1. The maximum absolute atomic E-state index is 12.1. The number of nitrogens with zero attached hydrogens (tertiary/aromatic N) is 1. The van der Waals surface area contributed by atoms with Gasteiger partial charge in [-0.15, -0.1) is 0 Å². The van der Waals surface area contributed by atoms with Gasteiger partial charge in [-0.1, -0.05) is 0 Å². The highest BCUT2D eigenvalue weighted by Crippen LogP contribution is 2.24. The van der Waals surface area contributed by atoms with E-state index in [1.165, 1.54) is 9.83 Å². The number of hydrogen-bond acceptors (Lipinski definition) is 4. The van der Waals surface area contributed by atoms with Crippen LogP contribution in [0.3, 0.4) is 0 Å². The van der Waals surface area contributed by atoms with E-state index in [1.54, 1.807) is 6.08 Å². The Kier molecular flexibility index (Phi) is 4.05. The number of piperidine rings is 1. The third-order valence-corrected chi connectivity index (χ3v) is 6.66. The van der Waals surface area contributed by atoms with Gasteiger partial charge in [0.2, 0.25) is 5.43 Å². The maximum atomic E-state index is 12.1. The van der Waals surface area contributed by atoms with Crippen molar-refractivity contribution in [2.45, 2.75) is 18.9 Å². The summed E-state index contributed by atoms with van der Waals surface area (Å²) in [4.78, 5) is 28.4. The van der Waals surface area contributed by atoms with Crippen LogP contribution < -0.4 is 11.2 Å². The van der Waals surface area contributed by atoms with Crippen LogP contribution in [0.2, 0.25) is 0 Å². The molecule has 2 aliphatic rings. The molecule has 112 valence electrons. The van der Waals surface area contributed by atoms with Gasteiger partial charge in [0.15, 0.2) is 0 Å². The van der Waals surface area contributed by atoms with Crippen molar-refractivity contribution in [1.82, 2.24) is 9.88 Å². The highest BCUT2D eigenvalue weighted by Gasteiger charge is 2.22. The molecule has 4 N–H and O–H groups in total. The summed E-state index contributed by atoms with van der Waals surface area (Å²) in [7, 11) is 0. The Morgan fingerprint density at radius 1 is 1.48 bits per heavy atom. The number of aromatic carboxylic acids is 1. The van der Waals surface area contributed by atoms with Crippen LogP contribution in [0.5, 0.6) is 0 Å². The summed E-state index contributed by atoms with van der Waals surface area (Å²) < 4.78 is 2.11. The summed E-state index contributed by atoms with van der Waals surface area (Å²) in [6, 6.07) is 0.207. The Morgan fingerprint density at radius 3 is 3.00 bits per heavy atom. The largest absolute Gasteiger partial charge is 0.477 e. The minimum atomic E-state index is -1.19. The van der Waals surface area contributed by atoms with Crippen LogP contribution in [0.1, 0.15) is 28.8 Å². The van der Waals surface area contributed by atoms with Crippen LogP contribution in [-0.4, -0.2) is 43.7 Å². The van der Waals surface area contributed by atoms with Crippen LogP contribution in [0.15, 0.2) is 17.1 Å². The molecule has 3 rings (SSSR count). The number of aromatic nitrogens is 1. The standard InChI is InChI=1S/C14H16IN3O3/c16-8-2-1-5-18(7-8)11-4-3-9-12(19)10(14(20)21)6-17-13(9)15-11/h3-4,6,8H,1-2,5,7,16H2,(H,17,19)(H,20,21). The second kappa shape index (κ2) is 5.82. The third kappa shape index (κ3) is 2.85. The van der Waals surface area contributed by atoms with Crippen molar-refractivity contribution in [2.75, 3.05) is 13.1 Å². The molecule has 0 aliphatic carbocycles. The average Bonchev–Trinajstić information content (AvgIpc) is 2.47. The second-order valence-electron chi connectivity index (χ2n) is 5.16. The number of halogens is 1. The average molecular weight is 401 g/mol. The normalized spacial score (nSPS) is 22.1. The molecule has 1 fully saturated rings. The van der Waals surface area contributed by atoms with Gasteiger partial charge in [0.1, 0.15) is 5.56 Å². The van der Waals surface area contributed by atoms with Crippen molar-refractivity contribution in [3.05, 3.63) is 37.3 Å². The molecule has 1 atom stereocenters. The van der Waals surface area contributed by atoms with E-state index in [4.69, 9.17) is 10.8 Å². The number of carbonyl (C=O) groups is 1. The lowest BCUT2D eigenvalue weighted by molar-refractivity contribution is 0.0695. The number of fused-ring (bicyclic) bond motifs is 1. The number of hydrogen-bond donors (Lipinski definition) is 3. The number of nitrogens with two attached hydrogens (primary N) is 1. The van der Waals surface area contributed by atoms with Gasteiger partial charge in [-0.25, -0.2) is 4.79 Å². The molecule has 1 unspecified atom stereocenters. The summed E-state index contributed by atoms with van der Waals surface area (Å²) in [6.07, 6.45) is 7.14. The van der Waals surface area contributed by atoms with Gasteiger partial charge in [0.05, 0.1) is 12.9 Å². The van der Waals surface area contributed by atoms with Crippen LogP contribution in [0.4, 0.5) is 0 Å². The zero-order valence-electron chi connectivity index (χ0n) is 11.3. The van der Waals surface area contributed by atoms with Gasteiger partial charge in [-0.05, 0) is 45.7 Å². The van der Waals surface area contributed by atoms with Gasteiger partial charge < -0.3 is 15.8 Å². The summed E-state index contributed by atoms with van der Waals surface area (Å²) >= 11 is -0.513. The number of rotatable bonds is 2. The zero-order valence-corrected chi connectivity index (χ0v) is 13.5. The first-order valence-corrected chi connectivity index (χ1v) is 8.91. The molecule has 1 aromatic rings. The molecule has 2 aliphatic heterocycles. The minimum absolute atomic E-state index is 0.203. The first-order chi connectivity index (χ1) is 10.1. The Bertz CT molecular complexity index is 708. The van der Waals surface area contributed by atoms with Crippen molar-refractivity contribution in [1.29, 1.82) is 0 Å². The lowest BCUT2D eigenvalue weighted by Crippen LogP contribution is -2.45. The van der Waals surface area contributed by atoms with Crippen molar-refractivity contribution in [3.63, 3.8) is 0 Å². The van der Waals surface area contributed by atoms with Crippen LogP contribution in [0, 0.1) is 3.70 Å². The molecule has 3 heterocycles. The summed E-state index contributed by atoms with van der Waals surface area (Å²) in [5.41, 5.74) is 5.90. The van der Waals surface area contributed by atoms with Crippen LogP contribution in [0.25, 0.3) is 6.08 Å².